The number of ether oxygens (including phenoxy) is 2. The van der Waals surface area contributed by atoms with Gasteiger partial charge in [-0.15, -0.1) is 0 Å². The van der Waals surface area contributed by atoms with Crippen LogP contribution in [0.3, 0.4) is 0 Å². The van der Waals surface area contributed by atoms with Gasteiger partial charge in [-0.05, 0) is 85.3 Å². The topological polar surface area (TPSA) is 38.8 Å². The lowest BCUT2D eigenvalue weighted by Crippen LogP contribution is -2.24. The number of allylic oxidation sites excluding steroid dienone is 2. The molecule has 4 nitrogen and oxygen atoms in total. The highest BCUT2D eigenvalue weighted by Crippen LogP contribution is 2.37. The monoisotopic (exact) mass is 433 g/mol. The summed E-state index contributed by atoms with van der Waals surface area (Å²) in [5.74, 6) is 1.39. The quantitative estimate of drug-likeness (QED) is 0.483. The highest BCUT2D eigenvalue weighted by Gasteiger charge is 2.22. The molecule has 0 saturated carbocycles. The van der Waals surface area contributed by atoms with E-state index >= 15 is 0 Å². The fraction of sp³-hybridized carbons (Fsp3) is 0.393. The lowest BCUT2D eigenvalue weighted by Gasteiger charge is -2.29. The molecule has 0 unspecified atom stereocenters. The van der Waals surface area contributed by atoms with Crippen LogP contribution in [0.1, 0.15) is 48.2 Å². The molecule has 0 N–H and O–H groups in total. The molecule has 0 aromatic heterocycles. The van der Waals surface area contributed by atoms with Crippen LogP contribution in [0.4, 0.5) is 0 Å². The molecule has 0 heterocycles. The molecular formula is C28H35NO3. The van der Waals surface area contributed by atoms with Gasteiger partial charge in [0.15, 0.2) is 0 Å². The van der Waals surface area contributed by atoms with Gasteiger partial charge in [0, 0.05) is 6.54 Å². The molecule has 0 fully saturated rings. The maximum Gasteiger partial charge on any atom is 0.338 e. The number of benzene rings is 2. The van der Waals surface area contributed by atoms with E-state index in [9.17, 15) is 4.79 Å². The van der Waals surface area contributed by atoms with Crippen molar-refractivity contribution in [3.63, 3.8) is 0 Å². The molecule has 3 rings (SSSR count). The highest BCUT2D eigenvalue weighted by atomic mass is 16.5. The number of carbonyl (C=O) groups excluding carboxylic acids is 1. The first-order valence-electron chi connectivity index (χ1n) is 11.3. The largest absolute Gasteiger partial charge is 0.497 e. The summed E-state index contributed by atoms with van der Waals surface area (Å²) in [7, 11) is 5.95. The number of methoxy groups -OCH3 is 1. The average molecular weight is 434 g/mol. The predicted octanol–water partition coefficient (Wildman–Crippen LogP) is 5.95. The van der Waals surface area contributed by atoms with Crippen molar-refractivity contribution in [1.29, 1.82) is 0 Å². The standard InChI is InChI=1S/C28H35NO3/c1-20(2)19-32-28(30)24-10-6-8-21(15-24)14-22-12-13-25(18-29(3)4)27(16-22)23-9-7-11-26(17-23)31-5/h6-11,14-17,20,25H,12-13,18-19H2,1-5H3/b22-14-/t25-/m1/s1. The zero-order valence-electron chi connectivity index (χ0n) is 19.9. The Kier molecular flexibility index (Phi) is 8.29. The fourth-order valence-corrected chi connectivity index (χ4v) is 4.05. The van der Waals surface area contributed by atoms with Crippen molar-refractivity contribution in [2.24, 2.45) is 11.8 Å². The Hall–Kier alpha value is -2.85. The van der Waals surface area contributed by atoms with Crippen LogP contribution in [0.15, 0.2) is 60.2 Å². The summed E-state index contributed by atoms with van der Waals surface area (Å²) in [5.41, 5.74) is 5.42. The van der Waals surface area contributed by atoms with Crippen molar-refractivity contribution in [3.05, 3.63) is 76.9 Å². The Labute approximate surface area is 192 Å². The minimum Gasteiger partial charge on any atom is -0.497 e. The van der Waals surface area contributed by atoms with Gasteiger partial charge >= 0.3 is 5.97 Å². The van der Waals surface area contributed by atoms with Gasteiger partial charge in [0.05, 0.1) is 19.3 Å². The third-order valence-corrected chi connectivity index (χ3v) is 5.57. The van der Waals surface area contributed by atoms with Crippen LogP contribution in [0.25, 0.3) is 11.6 Å². The van der Waals surface area contributed by atoms with E-state index in [-0.39, 0.29) is 5.97 Å². The van der Waals surface area contributed by atoms with Gasteiger partial charge in [0.25, 0.3) is 0 Å². The Morgan fingerprint density at radius 3 is 2.66 bits per heavy atom. The smallest absolute Gasteiger partial charge is 0.338 e. The van der Waals surface area contributed by atoms with Gasteiger partial charge in [-0.2, -0.15) is 0 Å². The molecule has 1 aliphatic carbocycles. The summed E-state index contributed by atoms with van der Waals surface area (Å²) in [6.45, 7) is 5.51. The Bertz CT molecular complexity index is 988. The summed E-state index contributed by atoms with van der Waals surface area (Å²) in [4.78, 5) is 14.6. The van der Waals surface area contributed by atoms with Gasteiger partial charge in [-0.1, -0.05) is 50.3 Å². The molecule has 2 aromatic rings. The summed E-state index contributed by atoms with van der Waals surface area (Å²) < 4.78 is 10.9. The minimum atomic E-state index is -0.263. The van der Waals surface area contributed by atoms with Crippen molar-refractivity contribution < 1.29 is 14.3 Å². The Balaban J connectivity index is 1.90. The molecule has 170 valence electrons. The summed E-state index contributed by atoms with van der Waals surface area (Å²) in [5, 5.41) is 0. The summed E-state index contributed by atoms with van der Waals surface area (Å²) >= 11 is 0. The van der Waals surface area contributed by atoms with Gasteiger partial charge in [-0.3, -0.25) is 0 Å². The number of nitrogens with zero attached hydrogens (tertiary/aromatic N) is 1. The number of rotatable bonds is 8. The molecule has 0 aliphatic heterocycles. The Morgan fingerprint density at radius 1 is 1.16 bits per heavy atom. The second-order valence-corrected chi connectivity index (χ2v) is 9.17. The van der Waals surface area contributed by atoms with Crippen LogP contribution >= 0.6 is 0 Å². The van der Waals surface area contributed by atoms with Crippen LogP contribution in [-0.2, 0) is 4.74 Å². The second-order valence-electron chi connectivity index (χ2n) is 9.17. The van der Waals surface area contributed by atoms with E-state index in [2.05, 4.69) is 43.3 Å². The second kappa shape index (κ2) is 11.1. The lowest BCUT2D eigenvalue weighted by molar-refractivity contribution is 0.0459. The molecule has 0 bridgehead atoms. The number of carbonyl (C=O) groups is 1. The van der Waals surface area contributed by atoms with Gasteiger partial charge in [0.1, 0.15) is 5.75 Å². The van der Waals surface area contributed by atoms with Crippen molar-refractivity contribution in [2.75, 3.05) is 34.4 Å². The van der Waals surface area contributed by atoms with E-state index in [1.165, 1.54) is 16.7 Å². The average Bonchev–Trinajstić information content (AvgIpc) is 2.78. The maximum atomic E-state index is 12.4. The van der Waals surface area contributed by atoms with Crippen LogP contribution in [0.5, 0.6) is 5.75 Å². The van der Waals surface area contributed by atoms with Crippen molar-refractivity contribution in [2.45, 2.75) is 26.7 Å². The first kappa shape index (κ1) is 23.8. The Morgan fingerprint density at radius 2 is 1.94 bits per heavy atom. The van der Waals surface area contributed by atoms with E-state index in [1.807, 2.05) is 50.2 Å². The molecule has 2 aromatic carbocycles. The molecule has 0 amide bonds. The molecule has 1 aliphatic rings. The fourth-order valence-electron chi connectivity index (χ4n) is 4.05. The van der Waals surface area contributed by atoms with Crippen LogP contribution in [-0.4, -0.2) is 45.2 Å². The van der Waals surface area contributed by atoms with E-state index < -0.39 is 0 Å². The summed E-state index contributed by atoms with van der Waals surface area (Å²) in [6, 6.07) is 16.0. The highest BCUT2D eigenvalue weighted by molar-refractivity contribution is 5.90. The van der Waals surface area contributed by atoms with Crippen LogP contribution in [0, 0.1) is 11.8 Å². The van der Waals surface area contributed by atoms with E-state index in [1.54, 1.807) is 7.11 Å². The zero-order chi connectivity index (χ0) is 23.1. The third-order valence-electron chi connectivity index (χ3n) is 5.57. The maximum absolute atomic E-state index is 12.4. The van der Waals surface area contributed by atoms with E-state index in [0.717, 1.165) is 30.7 Å². The minimum absolute atomic E-state index is 0.263. The predicted molar refractivity (Wildman–Crippen MR) is 132 cm³/mol. The molecular weight excluding hydrogens is 398 g/mol. The van der Waals surface area contributed by atoms with Crippen molar-refractivity contribution in [1.82, 2.24) is 4.90 Å². The van der Waals surface area contributed by atoms with Crippen LogP contribution in [0.2, 0.25) is 0 Å². The van der Waals surface area contributed by atoms with Gasteiger partial charge < -0.3 is 14.4 Å². The molecule has 0 radical (unpaired) electrons. The first-order valence-corrected chi connectivity index (χ1v) is 11.3. The van der Waals surface area contributed by atoms with Crippen molar-refractivity contribution >= 4 is 17.6 Å². The zero-order valence-corrected chi connectivity index (χ0v) is 19.9. The lowest BCUT2D eigenvalue weighted by atomic mass is 9.81. The molecule has 32 heavy (non-hydrogen) atoms. The molecule has 0 spiro atoms. The number of esters is 1. The van der Waals surface area contributed by atoms with Crippen molar-refractivity contribution in [3.8, 4) is 5.75 Å². The van der Waals surface area contributed by atoms with E-state index in [0.29, 0.717) is 24.0 Å². The number of hydrogen-bond donors (Lipinski definition) is 0. The third kappa shape index (κ3) is 6.57. The first-order chi connectivity index (χ1) is 15.4. The molecule has 0 saturated heterocycles. The van der Waals surface area contributed by atoms with Gasteiger partial charge in [-0.25, -0.2) is 4.79 Å². The molecule has 1 atom stereocenters. The molecule has 4 heteroatoms. The normalized spacial score (nSPS) is 17.5. The van der Waals surface area contributed by atoms with E-state index in [4.69, 9.17) is 9.47 Å². The number of hydrogen-bond acceptors (Lipinski definition) is 4. The van der Waals surface area contributed by atoms with Crippen LogP contribution < -0.4 is 4.74 Å². The summed E-state index contributed by atoms with van der Waals surface area (Å²) in [6.07, 6.45) is 6.60. The van der Waals surface area contributed by atoms with Gasteiger partial charge in [0.2, 0.25) is 0 Å². The SMILES string of the molecule is COc1cccc(C2=C/C(=C\c3cccc(C(=O)OCC(C)C)c3)CC[C@@H]2CN(C)C)c1.